The quantitative estimate of drug-likeness (QED) is 0.736. The maximum absolute atomic E-state index is 13.9. The SMILES string of the molecule is O=C(Nc1ccc(Cl)cc1F)C1CC2CCCC(C1)C21SCCS1. The highest BCUT2D eigenvalue weighted by atomic mass is 35.5. The van der Waals surface area contributed by atoms with E-state index < -0.39 is 5.82 Å². The Morgan fingerprint density at radius 2 is 1.88 bits per heavy atom. The van der Waals surface area contributed by atoms with Crippen LogP contribution < -0.4 is 5.32 Å². The van der Waals surface area contributed by atoms with Gasteiger partial charge in [-0.15, -0.1) is 23.5 Å². The average Bonchev–Trinajstić information content (AvgIpc) is 2.99. The summed E-state index contributed by atoms with van der Waals surface area (Å²) >= 11 is 10.1. The number of carbonyl (C=O) groups is 1. The highest BCUT2D eigenvalue weighted by Crippen LogP contribution is 2.64. The Balaban J connectivity index is 1.48. The first-order valence-corrected chi connectivity index (χ1v) is 11.0. The predicted octanol–water partition coefficient (Wildman–Crippen LogP) is 5.42. The lowest BCUT2D eigenvalue weighted by molar-refractivity contribution is -0.122. The number of amides is 1. The van der Waals surface area contributed by atoms with Gasteiger partial charge in [0.05, 0.1) is 9.77 Å². The van der Waals surface area contributed by atoms with E-state index in [1.54, 1.807) is 12.1 Å². The Morgan fingerprint density at radius 3 is 2.50 bits per heavy atom. The first kappa shape index (κ1) is 17.0. The van der Waals surface area contributed by atoms with Crippen molar-refractivity contribution in [1.29, 1.82) is 0 Å². The van der Waals surface area contributed by atoms with Crippen LogP contribution in [0.25, 0.3) is 0 Å². The van der Waals surface area contributed by atoms with Gasteiger partial charge in [0.1, 0.15) is 5.82 Å². The smallest absolute Gasteiger partial charge is 0.227 e. The van der Waals surface area contributed by atoms with Gasteiger partial charge in [0.2, 0.25) is 5.91 Å². The summed E-state index contributed by atoms with van der Waals surface area (Å²) in [5.41, 5.74) is 0.236. The van der Waals surface area contributed by atoms with E-state index >= 15 is 0 Å². The first-order valence-electron chi connectivity index (χ1n) is 8.62. The lowest BCUT2D eigenvalue weighted by Crippen LogP contribution is -2.48. The molecule has 3 aliphatic rings. The number of halogens is 2. The molecule has 1 spiro atoms. The molecule has 1 aromatic rings. The van der Waals surface area contributed by atoms with Crippen LogP contribution in [0.3, 0.4) is 0 Å². The van der Waals surface area contributed by atoms with Crippen molar-refractivity contribution in [1.82, 2.24) is 0 Å². The number of anilines is 1. The van der Waals surface area contributed by atoms with E-state index in [0.29, 0.717) is 20.9 Å². The van der Waals surface area contributed by atoms with E-state index in [0.717, 1.165) is 12.8 Å². The minimum Gasteiger partial charge on any atom is -0.323 e. The highest BCUT2D eigenvalue weighted by molar-refractivity contribution is 8.21. The molecule has 2 saturated carbocycles. The van der Waals surface area contributed by atoms with Crippen molar-refractivity contribution in [3.8, 4) is 0 Å². The summed E-state index contributed by atoms with van der Waals surface area (Å²) in [5, 5.41) is 3.13. The minimum atomic E-state index is -0.467. The van der Waals surface area contributed by atoms with Crippen molar-refractivity contribution in [2.45, 2.75) is 36.2 Å². The van der Waals surface area contributed by atoms with E-state index in [1.165, 1.54) is 36.8 Å². The Morgan fingerprint density at radius 1 is 1.21 bits per heavy atom. The average molecular weight is 386 g/mol. The van der Waals surface area contributed by atoms with Gasteiger partial charge < -0.3 is 5.32 Å². The molecule has 1 N–H and O–H groups in total. The number of carbonyl (C=O) groups excluding carboxylic acids is 1. The molecule has 1 amide bonds. The predicted molar refractivity (Wildman–Crippen MR) is 101 cm³/mol. The Labute approximate surface area is 155 Å². The third-order valence-corrected chi connectivity index (χ3v) is 9.93. The number of benzene rings is 1. The van der Waals surface area contributed by atoms with Crippen LogP contribution in [0.15, 0.2) is 18.2 Å². The lowest BCUT2D eigenvalue weighted by atomic mass is 9.67. The van der Waals surface area contributed by atoms with Crippen LogP contribution in [-0.2, 0) is 4.79 Å². The van der Waals surface area contributed by atoms with Crippen molar-refractivity contribution >= 4 is 46.7 Å². The van der Waals surface area contributed by atoms with Crippen molar-refractivity contribution < 1.29 is 9.18 Å². The number of hydrogen-bond donors (Lipinski definition) is 1. The summed E-state index contributed by atoms with van der Waals surface area (Å²) in [6.07, 6.45) is 5.64. The number of hydrogen-bond acceptors (Lipinski definition) is 3. The van der Waals surface area contributed by atoms with Crippen LogP contribution in [0.5, 0.6) is 0 Å². The second-order valence-corrected chi connectivity index (χ2v) is 10.5. The summed E-state index contributed by atoms with van der Waals surface area (Å²) in [5.74, 6) is 3.22. The van der Waals surface area contributed by atoms with Gasteiger partial charge in [-0.3, -0.25) is 4.79 Å². The highest BCUT2D eigenvalue weighted by Gasteiger charge is 2.55. The third kappa shape index (κ3) is 2.97. The summed E-state index contributed by atoms with van der Waals surface area (Å²) in [6, 6.07) is 4.40. The van der Waals surface area contributed by atoms with E-state index in [-0.39, 0.29) is 17.5 Å². The van der Waals surface area contributed by atoms with Gasteiger partial charge in [0.25, 0.3) is 0 Å². The molecule has 1 heterocycles. The Kier molecular flexibility index (Phi) is 4.78. The summed E-state index contributed by atoms with van der Waals surface area (Å²) in [4.78, 5) is 12.7. The maximum Gasteiger partial charge on any atom is 0.227 e. The molecule has 130 valence electrons. The van der Waals surface area contributed by atoms with E-state index in [1.807, 2.05) is 0 Å². The number of nitrogens with one attached hydrogen (secondary N) is 1. The van der Waals surface area contributed by atoms with Crippen LogP contribution in [0, 0.1) is 23.6 Å². The molecule has 4 rings (SSSR count). The molecular weight excluding hydrogens is 365 g/mol. The third-order valence-electron chi connectivity index (χ3n) is 5.68. The van der Waals surface area contributed by atoms with Crippen LogP contribution in [0.4, 0.5) is 10.1 Å². The second-order valence-electron chi connectivity index (χ2n) is 7.02. The van der Waals surface area contributed by atoms with Crippen LogP contribution >= 0.6 is 35.1 Å². The van der Waals surface area contributed by atoms with Crippen molar-refractivity contribution in [3.63, 3.8) is 0 Å². The van der Waals surface area contributed by atoms with Crippen LogP contribution in [0.1, 0.15) is 32.1 Å². The molecule has 0 aromatic heterocycles. The molecule has 2 atom stereocenters. The maximum atomic E-state index is 13.9. The fourth-order valence-corrected chi connectivity index (χ4v) is 8.74. The van der Waals surface area contributed by atoms with Gasteiger partial charge in [-0.25, -0.2) is 4.39 Å². The molecule has 0 radical (unpaired) electrons. The molecule has 2 bridgehead atoms. The molecule has 1 saturated heterocycles. The van der Waals surface area contributed by atoms with Gasteiger partial charge in [0, 0.05) is 22.4 Å². The molecule has 6 heteroatoms. The van der Waals surface area contributed by atoms with Gasteiger partial charge >= 0.3 is 0 Å². The zero-order valence-corrected chi connectivity index (χ0v) is 15.8. The largest absolute Gasteiger partial charge is 0.323 e. The van der Waals surface area contributed by atoms with Gasteiger partial charge in [-0.05, 0) is 55.7 Å². The Hall–Kier alpha value is -0.390. The molecule has 24 heavy (non-hydrogen) atoms. The normalized spacial score (nSPS) is 31.2. The van der Waals surface area contributed by atoms with Gasteiger partial charge in [-0.2, -0.15) is 0 Å². The number of rotatable bonds is 2. The second kappa shape index (κ2) is 6.73. The zero-order valence-electron chi connectivity index (χ0n) is 13.4. The lowest BCUT2D eigenvalue weighted by Gasteiger charge is -2.52. The fourth-order valence-electron chi connectivity index (χ4n) is 4.65. The molecule has 2 nitrogen and oxygen atoms in total. The molecule has 3 fully saturated rings. The topological polar surface area (TPSA) is 29.1 Å². The van der Waals surface area contributed by atoms with E-state index in [4.69, 9.17) is 11.6 Å². The van der Waals surface area contributed by atoms with Crippen molar-refractivity contribution in [3.05, 3.63) is 29.0 Å². The summed E-state index contributed by atoms with van der Waals surface area (Å²) < 4.78 is 14.3. The zero-order chi connectivity index (χ0) is 16.7. The van der Waals surface area contributed by atoms with E-state index in [2.05, 4.69) is 28.8 Å². The van der Waals surface area contributed by atoms with Crippen molar-refractivity contribution in [2.24, 2.45) is 17.8 Å². The molecular formula is C18H21ClFNOS2. The summed E-state index contributed by atoms with van der Waals surface area (Å²) in [7, 11) is 0. The number of thioether (sulfide) groups is 2. The van der Waals surface area contributed by atoms with Crippen molar-refractivity contribution in [2.75, 3.05) is 16.8 Å². The molecule has 1 aromatic carbocycles. The standard InChI is InChI=1S/C18H21ClFNOS2/c19-14-4-5-16(15(20)10-14)21-17(22)11-8-12-2-1-3-13(9-11)18(12)23-6-7-24-18/h4-5,10-13H,1-3,6-9H2,(H,21,22). The van der Waals surface area contributed by atoms with Gasteiger partial charge in [-0.1, -0.05) is 18.0 Å². The van der Waals surface area contributed by atoms with Crippen LogP contribution in [0.2, 0.25) is 5.02 Å². The molecule has 2 aliphatic carbocycles. The van der Waals surface area contributed by atoms with E-state index in [9.17, 15) is 9.18 Å². The first-order chi connectivity index (χ1) is 11.6. The van der Waals surface area contributed by atoms with Crippen LogP contribution in [-0.4, -0.2) is 21.5 Å². The Bertz CT molecular complexity index is 634. The monoisotopic (exact) mass is 385 g/mol. The molecule has 2 unspecified atom stereocenters. The van der Waals surface area contributed by atoms with Gasteiger partial charge in [0.15, 0.2) is 0 Å². The summed E-state index contributed by atoms with van der Waals surface area (Å²) in [6.45, 7) is 0. The molecule has 1 aliphatic heterocycles. The fraction of sp³-hybridized carbons (Fsp3) is 0.611. The minimum absolute atomic E-state index is 0.00260.